The minimum absolute atomic E-state index is 0.303. The second kappa shape index (κ2) is 9.49. The normalized spacial score (nSPS) is 12.0. The Morgan fingerprint density at radius 3 is 2.48 bits per heavy atom. The van der Waals surface area contributed by atoms with Crippen LogP contribution in [0.3, 0.4) is 0 Å². The van der Waals surface area contributed by atoms with E-state index < -0.39 is 6.09 Å². The van der Waals surface area contributed by atoms with E-state index in [2.05, 4.69) is 20.6 Å². The maximum Gasteiger partial charge on any atom is 0.438 e. The van der Waals surface area contributed by atoms with Crippen LogP contribution in [0.5, 0.6) is 0 Å². The molecule has 2 aromatic heterocycles. The minimum atomic E-state index is -0.793. The van der Waals surface area contributed by atoms with Crippen molar-refractivity contribution in [2.45, 2.75) is 34.1 Å². The van der Waals surface area contributed by atoms with Crippen LogP contribution >= 0.6 is 23.2 Å². The number of benzene rings is 1. The highest BCUT2D eigenvalue weighted by Crippen LogP contribution is 2.39. The zero-order chi connectivity index (χ0) is 22.6. The standard InChI is InChI=1S/C22H22Cl2N4O3/c1-13-19(20(28-30-13)18-15(23)9-7-10-16(18)24)26-21(29)31-27-17(22(2,3)4)12-14-8-5-6-11-25-14/h5-11H,12H2,1-4H3,(H,26,29). The number of oxime groups is 1. The summed E-state index contributed by atoms with van der Waals surface area (Å²) < 4.78 is 5.24. The summed E-state index contributed by atoms with van der Waals surface area (Å²) in [6.07, 6.45) is 1.36. The van der Waals surface area contributed by atoms with Crippen LogP contribution in [-0.4, -0.2) is 21.9 Å². The molecule has 2 heterocycles. The van der Waals surface area contributed by atoms with E-state index >= 15 is 0 Å². The van der Waals surface area contributed by atoms with Gasteiger partial charge in [0.1, 0.15) is 11.4 Å². The van der Waals surface area contributed by atoms with Crippen LogP contribution < -0.4 is 5.32 Å². The summed E-state index contributed by atoms with van der Waals surface area (Å²) in [5, 5.41) is 11.5. The molecule has 1 N–H and O–H groups in total. The van der Waals surface area contributed by atoms with Gasteiger partial charge in [-0.2, -0.15) is 0 Å². The van der Waals surface area contributed by atoms with Gasteiger partial charge in [-0.1, -0.05) is 66.4 Å². The van der Waals surface area contributed by atoms with Crippen LogP contribution in [0, 0.1) is 12.3 Å². The minimum Gasteiger partial charge on any atom is -0.359 e. The molecule has 1 amide bonds. The highest BCUT2D eigenvalue weighted by Gasteiger charge is 2.24. The number of pyridine rings is 1. The Labute approximate surface area is 190 Å². The van der Waals surface area contributed by atoms with Crippen LogP contribution in [0.15, 0.2) is 52.3 Å². The molecule has 162 valence electrons. The Morgan fingerprint density at radius 2 is 1.87 bits per heavy atom. The van der Waals surface area contributed by atoms with Gasteiger partial charge in [-0.05, 0) is 31.2 Å². The molecule has 0 saturated heterocycles. The predicted octanol–water partition coefficient (Wildman–Crippen LogP) is 6.55. The van der Waals surface area contributed by atoms with Crippen molar-refractivity contribution in [2.24, 2.45) is 10.6 Å². The molecule has 0 atom stereocenters. The van der Waals surface area contributed by atoms with Gasteiger partial charge >= 0.3 is 6.09 Å². The fraction of sp³-hybridized carbons (Fsp3) is 0.273. The lowest BCUT2D eigenvalue weighted by Gasteiger charge is -2.20. The fourth-order valence-corrected chi connectivity index (χ4v) is 3.32. The Balaban J connectivity index is 1.81. The third-order valence-corrected chi connectivity index (χ3v) is 5.10. The molecule has 3 aromatic rings. The summed E-state index contributed by atoms with van der Waals surface area (Å²) in [5.41, 5.74) is 2.22. The number of halogens is 2. The Morgan fingerprint density at radius 1 is 1.16 bits per heavy atom. The third kappa shape index (κ3) is 5.62. The van der Waals surface area contributed by atoms with Crippen LogP contribution in [-0.2, 0) is 11.3 Å². The second-order valence-corrected chi connectivity index (χ2v) is 8.66. The zero-order valence-electron chi connectivity index (χ0n) is 17.6. The van der Waals surface area contributed by atoms with Gasteiger partial charge in [-0.3, -0.25) is 15.1 Å². The van der Waals surface area contributed by atoms with Crippen LogP contribution in [0.4, 0.5) is 10.5 Å². The molecule has 0 bridgehead atoms. The van der Waals surface area contributed by atoms with E-state index in [1.807, 2.05) is 39.0 Å². The number of carbonyl (C=O) groups is 1. The molecule has 7 nitrogen and oxygen atoms in total. The lowest BCUT2D eigenvalue weighted by atomic mass is 9.87. The maximum absolute atomic E-state index is 12.5. The van der Waals surface area contributed by atoms with Crippen LogP contribution in [0.2, 0.25) is 10.0 Å². The van der Waals surface area contributed by atoms with E-state index in [-0.39, 0.29) is 5.41 Å². The number of nitrogens with zero attached hydrogens (tertiary/aromatic N) is 3. The number of aryl methyl sites for hydroxylation is 1. The Bertz CT molecular complexity index is 1090. The molecular formula is C22H22Cl2N4O3. The monoisotopic (exact) mass is 460 g/mol. The van der Waals surface area contributed by atoms with E-state index in [0.717, 1.165) is 5.69 Å². The molecule has 0 aliphatic rings. The Hall–Kier alpha value is -2.90. The molecule has 0 fully saturated rings. The summed E-state index contributed by atoms with van der Waals surface area (Å²) >= 11 is 12.5. The Kier molecular flexibility index (Phi) is 6.97. The number of aromatic nitrogens is 2. The van der Waals surface area contributed by atoms with Crippen LogP contribution in [0.25, 0.3) is 11.3 Å². The van der Waals surface area contributed by atoms with Crippen molar-refractivity contribution >= 4 is 40.7 Å². The lowest BCUT2D eigenvalue weighted by Crippen LogP contribution is -2.24. The van der Waals surface area contributed by atoms with Crippen molar-refractivity contribution < 1.29 is 14.2 Å². The number of rotatable bonds is 5. The molecule has 9 heteroatoms. The van der Waals surface area contributed by atoms with Gasteiger partial charge in [-0.25, -0.2) is 4.79 Å². The van der Waals surface area contributed by atoms with E-state index in [1.165, 1.54) is 0 Å². The number of amides is 1. The van der Waals surface area contributed by atoms with Crippen LogP contribution in [0.1, 0.15) is 32.2 Å². The van der Waals surface area contributed by atoms with E-state index in [4.69, 9.17) is 32.6 Å². The van der Waals surface area contributed by atoms with E-state index in [0.29, 0.717) is 44.9 Å². The van der Waals surface area contributed by atoms with Crippen molar-refractivity contribution in [3.05, 3.63) is 64.1 Å². The van der Waals surface area contributed by atoms with Gasteiger partial charge in [0.2, 0.25) is 0 Å². The summed E-state index contributed by atoms with van der Waals surface area (Å²) in [6.45, 7) is 7.61. The SMILES string of the molecule is Cc1onc(-c2c(Cl)cccc2Cl)c1NC(=O)ON=C(Cc1ccccn1)C(C)(C)C. The second-order valence-electron chi connectivity index (χ2n) is 7.85. The predicted molar refractivity (Wildman–Crippen MR) is 122 cm³/mol. The quantitative estimate of drug-likeness (QED) is 0.265. The first kappa shape index (κ1) is 22.8. The van der Waals surface area contributed by atoms with Crippen molar-refractivity contribution in [2.75, 3.05) is 5.32 Å². The number of hydrogen-bond acceptors (Lipinski definition) is 6. The number of nitrogens with one attached hydrogen (secondary N) is 1. The maximum atomic E-state index is 12.5. The molecule has 0 unspecified atom stereocenters. The molecule has 0 radical (unpaired) electrons. The lowest BCUT2D eigenvalue weighted by molar-refractivity contribution is 0.164. The van der Waals surface area contributed by atoms with E-state index in [1.54, 1.807) is 31.3 Å². The van der Waals surface area contributed by atoms with Gasteiger partial charge in [-0.15, -0.1) is 0 Å². The third-order valence-electron chi connectivity index (χ3n) is 4.47. The van der Waals surface area contributed by atoms with Gasteiger partial charge in [0, 0.05) is 29.3 Å². The molecule has 1 aromatic carbocycles. The molecule has 31 heavy (non-hydrogen) atoms. The summed E-state index contributed by atoms with van der Waals surface area (Å²) in [6, 6.07) is 10.7. The van der Waals surface area contributed by atoms with Crippen molar-refractivity contribution in [1.29, 1.82) is 0 Å². The molecular weight excluding hydrogens is 439 g/mol. The van der Waals surface area contributed by atoms with Crippen molar-refractivity contribution in [1.82, 2.24) is 10.1 Å². The number of anilines is 1. The smallest absolute Gasteiger partial charge is 0.359 e. The highest BCUT2D eigenvalue weighted by molar-refractivity contribution is 6.39. The van der Waals surface area contributed by atoms with Gasteiger partial charge < -0.3 is 4.52 Å². The first-order valence-electron chi connectivity index (χ1n) is 9.52. The highest BCUT2D eigenvalue weighted by atomic mass is 35.5. The van der Waals surface area contributed by atoms with Crippen molar-refractivity contribution in [3.63, 3.8) is 0 Å². The number of carbonyl (C=O) groups excluding carboxylic acids is 1. The average molecular weight is 461 g/mol. The summed E-state index contributed by atoms with van der Waals surface area (Å²) in [5.74, 6) is 0.372. The zero-order valence-corrected chi connectivity index (χ0v) is 19.1. The number of hydrogen-bond donors (Lipinski definition) is 1. The first-order chi connectivity index (χ1) is 14.7. The molecule has 0 spiro atoms. The molecule has 0 aliphatic carbocycles. The van der Waals surface area contributed by atoms with Gasteiger partial charge in [0.25, 0.3) is 0 Å². The first-order valence-corrected chi connectivity index (χ1v) is 10.3. The summed E-state index contributed by atoms with van der Waals surface area (Å²) in [4.78, 5) is 22.0. The molecule has 0 saturated carbocycles. The fourth-order valence-electron chi connectivity index (χ4n) is 2.74. The van der Waals surface area contributed by atoms with Gasteiger partial charge in [0.15, 0.2) is 5.76 Å². The average Bonchev–Trinajstić information content (AvgIpc) is 3.05. The summed E-state index contributed by atoms with van der Waals surface area (Å²) in [7, 11) is 0. The van der Waals surface area contributed by atoms with Crippen molar-refractivity contribution in [3.8, 4) is 11.3 Å². The van der Waals surface area contributed by atoms with E-state index in [9.17, 15) is 4.79 Å². The molecule has 3 rings (SSSR count). The topological polar surface area (TPSA) is 89.6 Å². The largest absolute Gasteiger partial charge is 0.438 e. The van der Waals surface area contributed by atoms with Gasteiger partial charge in [0.05, 0.1) is 15.8 Å². The molecule has 0 aliphatic heterocycles.